The van der Waals surface area contributed by atoms with E-state index in [4.69, 9.17) is 9.15 Å². The minimum atomic E-state index is -0.0300. The van der Waals surface area contributed by atoms with E-state index in [9.17, 15) is 0 Å². The van der Waals surface area contributed by atoms with Crippen LogP contribution in [0.3, 0.4) is 0 Å². The lowest BCUT2D eigenvalue weighted by atomic mass is 9.88. The van der Waals surface area contributed by atoms with Crippen molar-refractivity contribution in [2.24, 2.45) is 0 Å². The van der Waals surface area contributed by atoms with Gasteiger partial charge in [0.15, 0.2) is 0 Å². The van der Waals surface area contributed by atoms with E-state index in [0.717, 1.165) is 50.6 Å². The van der Waals surface area contributed by atoms with Gasteiger partial charge in [-0.2, -0.15) is 5.10 Å². The Kier molecular flexibility index (Phi) is 4.24. The van der Waals surface area contributed by atoms with Gasteiger partial charge in [0.25, 0.3) is 0 Å². The largest absolute Gasteiger partial charge is 0.472 e. The molecule has 0 radical (unpaired) electrons. The summed E-state index contributed by atoms with van der Waals surface area (Å²) in [5.41, 5.74) is 2.13. The van der Waals surface area contributed by atoms with Crippen molar-refractivity contribution >= 4 is 5.82 Å². The zero-order valence-corrected chi connectivity index (χ0v) is 14.1. The molecule has 4 heterocycles. The molecule has 128 valence electrons. The normalized spacial score (nSPS) is 27.6. The van der Waals surface area contributed by atoms with Gasteiger partial charge in [0.2, 0.25) is 0 Å². The lowest BCUT2D eigenvalue weighted by Crippen LogP contribution is -2.47. The second-order valence-corrected chi connectivity index (χ2v) is 7.05. The van der Waals surface area contributed by atoms with Gasteiger partial charge in [-0.25, -0.2) is 0 Å². The molecule has 0 bridgehead atoms. The van der Waals surface area contributed by atoms with Gasteiger partial charge in [-0.1, -0.05) is 0 Å². The Balaban J connectivity index is 1.36. The van der Waals surface area contributed by atoms with Crippen LogP contribution in [0.4, 0.5) is 5.82 Å². The maximum Gasteiger partial charge on any atom is 0.148 e. The summed E-state index contributed by atoms with van der Waals surface area (Å²) < 4.78 is 11.4. The first-order chi connectivity index (χ1) is 11.7. The third-order valence-electron chi connectivity index (χ3n) is 4.96. The van der Waals surface area contributed by atoms with Crippen molar-refractivity contribution in [1.82, 2.24) is 15.1 Å². The van der Waals surface area contributed by atoms with E-state index < -0.39 is 0 Å². The van der Waals surface area contributed by atoms with Crippen molar-refractivity contribution in [2.45, 2.75) is 44.4 Å². The van der Waals surface area contributed by atoms with E-state index in [-0.39, 0.29) is 5.60 Å². The van der Waals surface area contributed by atoms with Crippen molar-refractivity contribution < 1.29 is 9.15 Å². The zero-order valence-electron chi connectivity index (χ0n) is 14.1. The molecule has 2 atom stereocenters. The molecule has 2 aromatic heterocycles. The second kappa shape index (κ2) is 6.53. The first kappa shape index (κ1) is 15.6. The maximum atomic E-state index is 6.26. The first-order valence-corrected chi connectivity index (χ1v) is 8.65. The highest BCUT2D eigenvalue weighted by molar-refractivity contribution is 5.34. The van der Waals surface area contributed by atoms with E-state index >= 15 is 0 Å². The third-order valence-corrected chi connectivity index (χ3v) is 4.96. The fourth-order valence-corrected chi connectivity index (χ4v) is 3.87. The Labute approximate surface area is 142 Å². The summed E-state index contributed by atoms with van der Waals surface area (Å²) in [5, 5.41) is 11.8. The molecule has 1 spiro atoms. The number of hydrogen-bond donors (Lipinski definition) is 1. The summed E-state index contributed by atoms with van der Waals surface area (Å²) in [4.78, 5) is 2.47. The summed E-state index contributed by atoms with van der Waals surface area (Å²) in [7, 11) is 0. The smallest absolute Gasteiger partial charge is 0.148 e. The van der Waals surface area contributed by atoms with Crippen molar-refractivity contribution in [3.63, 3.8) is 0 Å². The average Bonchev–Trinajstić information content (AvgIpc) is 3.21. The number of piperidine rings is 1. The number of nitrogens with zero attached hydrogens (tertiary/aromatic N) is 3. The number of aromatic nitrogens is 2. The predicted molar refractivity (Wildman–Crippen MR) is 90.7 cm³/mol. The van der Waals surface area contributed by atoms with E-state index in [0.29, 0.717) is 6.04 Å². The molecule has 2 aromatic rings. The van der Waals surface area contributed by atoms with Gasteiger partial charge in [-0.3, -0.25) is 4.90 Å². The van der Waals surface area contributed by atoms with E-state index in [1.54, 1.807) is 6.26 Å². The van der Waals surface area contributed by atoms with Crippen LogP contribution in [0.2, 0.25) is 0 Å². The number of hydrogen-bond acceptors (Lipinski definition) is 6. The van der Waals surface area contributed by atoms with Gasteiger partial charge in [0.05, 0.1) is 36.5 Å². The second-order valence-electron chi connectivity index (χ2n) is 7.05. The average molecular weight is 328 g/mol. The molecule has 2 fully saturated rings. The molecule has 6 heteroatoms. The van der Waals surface area contributed by atoms with Crippen LogP contribution >= 0.6 is 0 Å². The van der Waals surface area contributed by atoms with Gasteiger partial charge in [0, 0.05) is 25.1 Å². The Morgan fingerprint density at radius 2 is 2.29 bits per heavy atom. The highest BCUT2D eigenvalue weighted by Crippen LogP contribution is 2.36. The van der Waals surface area contributed by atoms with Crippen LogP contribution in [0.25, 0.3) is 0 Å². The number of nitrogens with one attached hydrogen (secondary N) is 1. The molecule has 0 aliphatic carbocycles. The highest BCUT2D eigenvalue weighted by Gasteiger charge is 2.43. The monoisotopic (exact) mass is 328 g/mol. The van der Waals surface area contributed by atoms with Gasteiger partial charge in [-0.05, 0) is 44.5 Å². The fraction of sp³-hybridized carbons (Fsp3) is 0.556. The minimum Gasteiger partial charge on any atom is -0.472 e. The number of aryl methyl sites for hydroxylation is 1. The molecular formula is C18H24N4O2. The molecule has 0 unspecified atom stereocenters. The summed E-state index contributed by atoms with van der Waals surface area (Å²) in [6, 6.07) is 6.31. The molecule has 0 amide bonds. The Morgan fingerprint density at radius 3 is 3.08 bits per heavy atom. The van der Waals surface area contributed by atoms with Crippen LogP contribution in [-0.4, -0.2) is 46.4 Å². The fourth-order valence-electron chi connectivity index (χ4n) is 3.87. The number of rotatable bonds is 4. The standard InChI is InChI=1S/C18H24N4O2/c1-14-3-4-17(21-20-14)19-16-9-18(24-12-16)6-2-7-22(13-18)10-15-5-8-23-11-15/h3-5,8,11,16H,2,6-7,9-10,12-13H2,1H3,(H,19,21)/t16-,18+/m0/s1. The third kappa shape index (κ3) is 3.44. The van der Waals surface area contributed by atoms with E-state index in [2.05, 4.69) is 20.4 Å². The summed E-state index contributed by atoms with van der Waals surface area (Å²) in [5.74, 6) is 0.831. The Bertz CT molecular complexity index is 658. The SMILES string of the molecule is Cc1ccc(N[C@@H]2CO[C@]3(CCCN(Cc4ccoc4)C3)C2)nn1. The quantitative estimate of drug-likeness (QED) is 0.931. The molecule has 0 saturated carbocycles. The number of likely N-dealkylation sites (tertiary alicyclic amines) is 1. The van der Waals surface area contributed by atoms with E-state index in [1.165, 1.54) is 12.0 Å². The Morgan fingerprint density at radius 1 is 1.33 bits per heavy atom. The number of furan rings is 1. The van der Waals surface area contributed by atoms with Crippen LogP contribution < -0.4 is 5.32 Å². The molecule has 6 nitrogen and oxygen atoms in total. The number of anilines is 1. The Hall–Kier alpha value is -1.92. The maximum absolute atomic E-state index is 6.26. The molecule has 2 aliphatic heterocycles. The van der Waals surface area contributed by atoms with Crippen LogP contribution in [0.5, 0.6) is 0 Å². The van der Waals surface area contributed by atoms with Crippen molar-refractivity contribution in [3.05, 3.63) is 42.0 Å². The van der Waals surface area contributed by atoms with Crippen molar-refractivity contribution in [2.75, 3.05) is 25.0 Å². The first-order valence-electron chi connectivity index (χ1n) is 8.65. The number of ether oxygens (including phenoxy) is 1. The molecule has 1 N–H and O–H groups in total. The summed E-state index contributed by atoms with van der Waals surface area (Å²) >= 11 is 0. The topological polar surface area (TPSA) is 63.4 Å². The van der Waals surface area contributed by atoms with Crippen LogP contribution in [0.1, 0.15) is 30.5 Å². The molecule has 0 aromatic carbocycles. The summed E-state index contributed by atoms with van der Waals surface area (Å²) in [6.07, 6.45) is 6.90. The van der Waals surface area contributed by atoms with Gasteiger partial charge in [0.1, 0.15) is 5.82 Å². The lowest BCUT2D eigenvalue weighted by molar-refractivity contribution is -0.0533. The molecule has 2 aliphatic rings. The van der Waals surface area contributed by atoms with Gasteiger partial charge >= 0.3 is 0 Å². The minimum absolute atomic E-state index is 0.0300. The highest BCUT2D eigenvalue weighted by atomic mass is 16.5. The van der Waals surface area contributed by atoms with Crippen LogP contribution in [-0.2, 0) is 11.3 Å². The van der Waals surface area contributed by atoms with Crippen molar-refractivity contribution in [1.29, 1.82) is 0 Å². The van der Waals surface area contributed by atoms with Crippen molar-refractivity contribution in [3.8, 4) is 0 Å². The molecular weight excluding hydrogens is 304 g/mol. The van der Waals surface area contributed by atoms with E-state index in [1.807, 2.05) is 31.4 Å². The zero-order chi connectivity index (χ0) is 16.4. The van der Waals surface area contributed by atoms with Gasteiger partial charge in [-0.15, -0.1) is 5.10 Å². The molecule has 4 rings (SSSR count). The molecule has 24 heavy (non-hydrogen) atoms. The molecule has 2 saturated heterocycles. The summed E-state index contributed by atoms with van der Waals surface area (Å²) in [6.45, 7) is 5.72. The van der Waals surface area contributed by atoms with Crippen LogP contribution in [0, 0.1) is 6.92 Å². The lowest BCUT2D eigenvalue weighted by Gasteiger charge is -2.39. The van der Waals surface area contributed by atoms with Gasteiger partial charge < -0.3 is 14.5 Å². The predicted octanol–water partition coefficient (Wildman–Crippen LogP) is 2.61. The van der Waals surface area contributed by atoms with Crippen LogP contribution in [0.15, 0.2) is 35.1 Å².